The molecule has 0 bridgehead atoms. The number of rotatable bonds is 7. The molecule has 1 amide bonds. The molecule has 0 saturated carbocycles. The molecule has 1 N–H and O–H groups in total. The third kappa shape index (κ3) is 5.10. The van der Waals surface area contributed by atoms with Gasteiger partial charge < -0.3 is 14.8 Å². The van der Waals surface area contributed by atoms with Crippen molar-refractivity contribution in [2.45, 2.75) is 20.5 Å². The van der Waals surface area contributed by atoms with Gasteiger partial charge in [-0.3, -0.25) is 4.79 Å². The smallest absolute Gasteiger partial charge is 0.255 e. The molecule has 0 aliphatic heterocycles. The van der Waals surface area contributed by atoms with E-state index in [1.54, 1.807) is 30.3 Å². The third-order valence-corrected chi connectivity index (χ3v) is 4.09. The number of carbonyl (C=O) groups excluding carboxylic acids is 1. The topological polar surface area (TPSA) is 47.6 Å². The largest absolute Gasteiger partial charge is 0.493 e. The molecule has 0 fully saturated rings. The van der Waals surface area contributed by atoms with Gasteiger partial charge in [-0.15, -0.1) is 0 Å². The summed E-state index contributed by atoms with van der Waals surface area (Å²) in [5.74, 6) is 0.678. The van der Waals surface area contributed by atoms with Crippen molar-refractivity contribution in [2.75, 3.05) is 11.9 Å². The fourth-order valence-electron chi connectivity index (χ4n) is 2.77. The van der Waals surface area contributed by atoms with Crippen molar-refractivity contribution in [3.8, 4) is 11.5 Å². The fraction of sp³-hybridized carbons (Fsp3) is 0.174. The van der Waals surface area contributed by atoms with E-state index in [1.807, 2.05) is 38.1 Å². The first-order valence-corrected chi connectivity index (χ1v) is 9.07. The van der Waals surface area contributed by atoms with Crippen LogP contribution in [0, 0.1) is 12.7 Å². The van der Waals surface area contributed by atoms with Crippen LogP contribution in [-0.4, -0.2) is 12.5 Å². The Bertz CT molecular complexity index is 972. The fourth-order valence-corrected chi connectivity index (χ4v) is 2.77. The van der Waals surface area contributed by atoms with Crippen LogP contribution >= 0.6 is 0 Å². The molecular formula is C23H22FNO3. The van der Waals surface area contributed by atoms with Crippen molar-refractivity contribution in [1.29, 1.82) is 0 Å². The zero-order valence-electron chi connectivity index (χ0n) is 15.9. The maximum absolute atomic E-state index is 13.3. The van der Waals surface area contributed by atoms with E-state index in [0.29, 0.717) is 23.6 Å². The van der Waals surface area contributed by atoms with Gasteiger partial charge in [-0.2, -0.15) is 0 Å². The molecule has 28 heavy (non-hydrogen) atoms. The van der Waals surface area contributed by atoms with Gasteiger partial charge in [0.15, 0.2) is 0 Å². The second-order valence-corrected chi connectivity index (χ2v) is 6.33. The summed E-state index contributed by atoms with van der Waals surface area (Å²) >= 11 is 0. The maximum atomic E-state index is 13.3. The lowest BCUT2D eigenvalue weighted by molar-refractivity contribution is 0.102. The van der Waals surface area contributed by atoms with Crippen LogP contribution in [0.25, 0.3) is 0 Å². The van der Waals surface area contributed by atoms with Gasteiger partial charge in [0.25, 0.3) is 5.91 Å². The number of anilines is 1. The Morgan fingerprint density at radius 3 is 2.57 bits per heavy atom. The van der Waals surface area contributed by atoms with Crippen molar-refractivity contribution in [2.24, 2.45) is 0 Å². The molecule has 5 heteroatoms. The maximum Gasteiger partial charge on any atom is 0.255 e. The highest BCUT2D eigenvalue weighted by Crippen LogP contribution is 2.24. The molecular weight excluding hydrogens is 357 g/mol. The van der Waals surface area contributed by atoms with Crippen molar-refractivity contribution >= 4 is 11.6 Å². The van der Waals surface area contributed by atoms with Gasteiger partial charge in [0.1, 0.15) is 23.9 Å². The summed E-state index contributed by atoms with van der Waals surface area (Å²) in [6.45, 7) is 4.66. The Kier molecular flexibility index (Phi) is 6.27. The molecule has 0 aromatic heterocycles. The zero-order chi connectivity index (χ0) is 19.9. The molecule has 0 heterocycles. The van der Waals surface area contributed by atoms with Crippen LogP contribution in [-0.2, 0) is 6.61 Å². The van der Waals surface area contributed by atoms with E-state index in [2.05, 4.69) is 5.32 Å². The molecule has 0 spiro atoms. The van der Waals surface area contributed by atoms with Crippen LogP contribution in [0.4, 0.5) is 10.1 Å². The molecule has 3 aromatic carbocycles. The summed E-state index contributed by atoms with van der Waals surface area (Å²) in [6, 6.07) is 18.7. The quantitative estimate of drug-likeness (QED) is 0.601. The highest BCUT2D eigenvalue weighted by atomic mass is 19.1. The molecule has 0 aliphatic carbocycles. The number of aryl methyl sites for hydroxylation is 1. The summed E-state index contributed by atoms with van der Waals surface area (Å²) in [7, 11) is 0. The lowest BCUT2D eigenvalue weighted by Gasteiger charge is -2.14. The second kappa shape index (κ2) is 9.04. The number of ether oxygens (including phenoxy) is 2. The van der Waals surface area contributed by atoms with Gasteiger partial charge in [-0.05, 0) is 67.9 Å². The van der Waals surface area contributed by atoms with Gasteiger partial charge in [0.2, 0.25) is 0 Å². The molecule has 144 valence electrons. The van der Waals surface area contributed by atoms with Crippen LogP contribution in [0.15, 0.2) is 66.7 Å². The van der Waals surface area contributed by atoms with E-state index in [-0.39, 0.29) is 12.5 Å². The van der Waals surface area contributed by atoms with E-state index in [9.17, 15) is 9.18 Å². The lowest BCUT2D eigenvalue weighted by atomic mass is 10.1. The van der Waals surface area contributed by atoms with Crippen molar-refractivity contribution in [3.63, 3.8) is 0 Å². The van der Waals surface area contributed by atoms with Crippen molar-refractivity contribution < 1.29 is 18.7 Å². The number of nitrogens with one attached hydrogen (secondary N) is 1. The Hall–Kier alpha value is -3.34. The first-order chi connectivity index (χ1) is 13.5. The predicted octanol–water partition coefficient (Wildman–Crippen LogP) is 5.36. The minimum atomic E-state index is -0.406. The van der Waals surface area contributed by atoms with Crippen LogP contribution in [0.1, 0.15) is 28.4 Å². The zero-order valence-corrected chi connectivity index (χ0v) is 15.9. The van der Waals surface area contributed by atoms with Crippen molar-refractivity contribution in [1.82, 2.24) is 0 Å². The predicted molar refractivity (Wildman–Crippen MR) is 107 cm³/mol. The van der Waals surface area contributed by atoms with Crippen LogP contribution in [0.5, 0.6) is 11.5 Å². The number of amides is 1. The second-order valence-electron chi connectivity index (χ2n) is 6.33. The highest BCUT2D eigenvalue weighted by Gasteiger charge is 2.12. The monoisotopic (exact) mass is 379 g/mol. The molecule has 0 atom stereocenters. The van der Waals surface area contributed by atoms with E-state index < -0.39 is 5.82 Å². The summed E-state index contributed by atoms with van der Waals surface area (Å²) in [4.78, 5) is 12.6. The molecule has 0 saturated heterocycles. The Morgan fingerprint density at radius 1 is 1.00 bits per heavy atom. The molecule has 0 aliphatic rings. The number of hydrogen-bond donors (Lipinski definition) is 1. The van der Waals surface area contributed by atoms with E-state index in [4.69, 9.17) is 9.47 Å². The van der Waals surface area contributed by atoms with Gasteiger partial charge in [-0.1, -0.05) is 18.2 Å². The summed E-state index contributed by atoms with van der Waals surface area (Å²) < 4.78 is 24.9. The van der Waals surface area contributed by atoms with E-state index >= 15 is 0 Å². The average molecular weight is 379 g/mol. The molecule has 4 nitrogen and oxygen atoms in total. The number of halogens is 1. The standard InChI is InChI=1S/C23H22FNO3/c1-3-27-22-11-10-17(23(26)25-20-8-5-7-19(24)14-20)13-18(22)15-28-21-9-4-6-16(2)12-21/h4-14H,3,15H2,1-2H3,(H,25,26). The lowest BCUT2D eigenvalue weighted by Crippen LogP contribution is -2.13. The Labute approximate surface area is 163 Å². The van der Waals surface area contributed by atoms with Gasteiger partial charge >= 0.3 is 0 Å². The molecule has 0 radical (unpaired) electrons. The van der Waals surface area contributed by atoms with E-state index in [0.717, 1.165) is 16.9 Å². The average Bonchev–Trinajstić information content (AvgIpc) is 2.67. The summed E-state index contributed by atoms with van der Waals surface area (Å²) in [5, 5.41) is 2.70. The van der Waals surface area contributed by atoms with E-state index in [1.165, 1.54) is 12.1 Å². The summed E-state index contributed by atoms with van der Waals surface area (Å²) in [6.07, 6.45) is 0. The van der Waals surface area contributed by atoms with Crippen LogP contribution in [0.3, 0.4) is 0 Å². The molecule has 3 aromatic rings. The minimum absolute atomic E-state index is 0.264. The Morgan fingerprint density at radius 2 is 1.82 bits per heavy atom. The third-order valence-electron chi connectivity index (χ3n) is 4.09. The van der Waals surface area contributed by atoms with Crippen molar-refractivity contribution in [3.05, 3.63) is 89.2 Å². The number of hydrogen-bond acceptors (Lipinski definition) is 3. The first-order valence-electron chi connectivity index (χ1n) is 9.07. The normalized spacial score (nSPS) is 10.4. The van der Waals surface area contributed by atoms with Crippen LogP contribution in [0.2, 0.25) is 0 Å². The summed E-state index contributed by atoms with van der Waals surface area (Å²) in [5.41, 5.74) is 2.70. The number of benzene rings is 3. The van der Waals surface area contributed by atoms with Crippen LogP contribution < -0.4 is 14.8 Å². The first kappa shape index (κ1) is 19.4. The Balaban J connectivity index is 1.79. The minimum Gasteiger partial charge on any atom is -0.493 e. The van der Waals surface area contributed by atoms with Gasteiger partial charge in [0.05, 0.1) is 6.61 Å². The SMILES string of the molecule is CCOc1ccc(C(=O)Nc2cccc(F)c2)cc1COc1cccc(C)c1. The number of carbonyl (C=O) groups is 1. The van der Waals surface area contributed by atoms with Gasteiger partial charge in [-0.25, -0.2) is 4.39 Å². The van der Waals surface area contributed by atoms with Gasteiger partial charge in [0, 0.05) is 16.8 Å². The molecule has 0 unspecified atom stereocenters. The highest BCUT2D eigenvalue weighted by molar-refractivity contribution is 6.04. The molecule has 3 rings (SSSR count).